The number of amides is 1. The number of benzene rings is 1. The van der Waals surface area contributed by atoms with Gasteiger partial charge in [-0.25, -0.2) is 13.9 Å². The summed E-state index contributed by atoms with van der Waals surface area (Å²) in [5.74, 6) is -0.333. The van der Waals surface area contributed by atoms with Gasteiger partial charge in [0, 0.05) is 18.2 Å². The van der Waals surface area contributed by atoms with Gasteiger partial charge in [0.2, 0.25) is 5.88 Å². The molecule has 0 aliphatic heterocycles. The number of nitrogens with zero attached hydrogens (tertiary/aromatic N) is 3. The summed E-state index contributed by atoms with van der Waals surface area (Å²) in [6.45, 7) is 0.0934. The molecule has 112 valence electrons. The first-order valence-electron chi connectivity index (χ1n) is 6.59. The van der Waals surface area contributed by atoms with E-state index in [0.717, 1.165) is 0 Å². The number of hydrogen-bond acceptors (Lipinski definition) is 4. The molecular formula is C15H13FN4O2. The molecule has 0 spiro atoms. The second-order valence-electron chi connectivity index (χ2n) is 4.58. The Labute approximate surface area is 125 Å². The van der Waals surface area contributed by atoms with Gasteiger partial charge >= 0.3 is 0 Å². The maximum atomic E-state index is 13.5. The van der Waals surface area contributed by atoms with Gasteiger partial charge in [-0.15, -0.1) is 5.10 Å². The summed E-state index contributed by atoms with van der Waals surface area (Å²) < 4.78 is 20.0. The van der Waals surface area contributed by atoms with Crippen LogP contribution >= 0.6 is 0 Å². The Hall–Kier alpha value is -2.96. The van der Waals surface area contributed by atoms with Crippen LogP contribution in [0.3, 0.4) is 0 Å². The fourth-order valence-corrected chi connectivity index (χ4v) is 1.99. The van der Waals surface area contributed by atoms with Crippen molar-refractivity contribution in [2.24, 2.45) is 0 Å². The number of hydrogen-bond donors (Lipinski definition) is 1. The highest BCUT2D eigenvalue weighted by atomic mass is 19.1. The van der Waals surface area contributed by atoms with E-state index in [0.29, 0.717) is 17.1 Å². The van der Waals surface area contributed by atoms with Crippen LogP contribution in [0.25, 0.3) is 5.65 Å². The summed E-state index contributed by atoms with van der Waals surface area (Å²) in [5.41, 5.74) is 1.15. The molecular weight excluding hydrogens is 287 g/mol. The molecule has 6 nitrogen and oxygen atoms in total. The van der Waals surface area contributed by atoms with E-state index in [2.05, 4.69) is 15.4 Å². The number of carbonyl (C=O) groups is 1. The molecule has 0 saturated heterocycles. The monoisotopic (exact) mass is 300 g/mol. The highest BCUT2D eigenvalue weighted by Crippen LogP contribution is 2.10. The summed E-state index contributed by atoms with van der Waals surface area (Å²) >= 11 is 0. The molecule has 3 aromatic rings. The number of imidazole rings is 1. The van der Waals surface area contributed by atoms with Crippen LogP contribution < -0.4 is 10.1 Å². The molecule has 2 aromatic heterocycles. The third-order valence-electron chi connectivity index (χ3n) is 3.13. The van der Waals surface area contributed by atoms with Crippen molar-refractivity contribution in [2.45, 2.75) is 6.54 Å². The van der Waals surface area contributed by atoms with Crippen molar-refractivity contribution >= 4 is 11.6 Å². The van der Waals surface area contributed by atoms with E-state index in [1.54, 1.807) is 30.3 Å². The van der Waals surface area contributed by atoms with Gasteiger partial charge in [-0.1, -0.05) is 18.2 Å². The Balaban J connectivity index is 1.76. The van der Waals surface area contributed by atoms with E-state index in [1.807, 2.05) is 0 Å². The second-order valence-corrected chi connectivity index (χ2v) is 4.58. The standard InChI is InChI=1S/C15H13FN4O2/c1-22-14-7-6-13-18-12(9-20(13)19-14)15(21)17-8-10-4-2-3-5-11(10)16/h2-7,9H,8H2,1H3,(H,17,21). The second kappa shape index (κ2) is 5.80. The van der Waals surface area contributed by atoms with E-state index in [1.165, 1.54) is 23.9 Å². The first-order chi connectivity index (χ1) is 10.7. The smallest absolute Gasteiger partial charge is 0.271 e. The van der Waals surface area contributed by atoms with Crippen LogP contribution in [0.1, 0.15) is 16.1 Å². The van der Waals surface area contributed by atoms with Crippen LogP contribution in [0.15, 0.2) is 42.6 Å². The zero-order valence-corrected chi connectivity index (χ0v) is 11.8. The number of halogens is 1. The lowest BCUT2D eigenvalue weighted by atomic mass is 10.2. The topological polar surface area (TPSA) is 68.5 Å². The molecule has 0 aliphatic carbocycles. The number of carbonyl (C=O) groups excluding carboxylic acids is 1. The zero-order chi connectivity index (χ0) is 15.5. The minimum atomic E-state index is -0.396. The van der Waals surface area contributed by atoms with Crippen molar-refractivity contribution in [3.63, 3.8) is 0 Å². The van der Waals surface area contributed by atoms with E-state index in [-0.39, 0.29) is 18.1 Å². The first-order valence-corrected chi connectivity index (χ1v) is 6.59. The van der Waals surface area contributed by atoms with Gasteiger partial charge < -0.3 is 10.1 Å². The fraction of sp³-hybridized carbons (Fsp3) is 0.133. The van der Waals surface area contributed by atoms with Crippen LogP contribution in [0, 0.1) is 5.82 Å². The van der Waals surface area contributed by atoms with Gasteiger partial charge in [-0.2, -0.15) is 0 Å². The van der Waals surface area contributed by atoms with Crippen molar-refractivity contribution in [1.82, 2.24) is 19.9 Å². The number of nitrogens with one attached hydrogen (secondary N) is 1. The maximum Gasteiger partial charge on any atom is 0.271 e. The normalized spacial score (nSPS) is 10.6. The number of aromatic nitrogens is 3. The average Bonchev–Trinajstić information content (AvgIpc) is 2.96. The first kappa shape index (κ1) is 14.0. The Morgan fingerprint density at radius 1 is 1.32 bits per heavy atom. The molecule has 3 rings (SSSR count). The molecule has 1 amide bonds. The number of methoxy groups -OCH3 is 1. The molecule has 0 unspecified atom stereocenters. The Morgan fingerprint density at radius 2 is 2.14 bits per heavy atom. The summed E-state index contributed by atoms with van der Waals surface area (Å²) in [6, 6.07) is 9.63. The molecule has 1 aromatic carbocycles. The average molecular weight is 300 g/mol. The molecule has 0 atom stereocenters. The Morgan fingerprint density at radius 3 is 2.91 bits per heavy atom. The summed E-state index contributed by atoms with van der Waals surface area (Å²) in [4.78, 5) is 16.2. The van der Waals surface area contributed by atoms with Crippen LogP contribution in [0.2, 0.25) is 0 Å². The molecule has 0 bridgehead atoms. The highest BCUT2D eigenvalue weighted by Gasteiger charge is 2.12. The van der Waals surface area contributed by atoms with E-state index in [9.17, 15) is 9.18 Å². The van der Waals surface area contributed by atoms with Crippen molar-refractivity contribution in [3.05, 3.63) is 59.7 Å². The van der Waals surface area contributed by atoms with Gasteiger partial charge in [0.15, 0.2) is 5.65 Å². The van der Waals surface area contributed by atoms with Crippen molar-refractivity contribution in [1.29, 1.82) is 0 Å². The molecule has 0 saturated carbocycles. The van der Waals surface area contributed by atoms with Gasteiger partial charge in [0.1, 0.15) is 11.5 Å². The number of fused-ring (bicyclic) bond motifs is 1. The molecule has 0 fully saturated rings. The Kier molecular flexibility index (Phi) is 3.69. The molecule has 22 heavy (non-hydrogen) atoms. The van der Waals surface area contributed by atoms with E-state index in [4.69, 9.17) is 4.74 Å². The van der Waals surface area contributed by atoms with Crippen LogP contribution in [0.4, 0.5) is 4.39 Å². The summed E-state index contributed by atoms with van der Waals surface area (Å²) in [5, 5.41) is 6.75. The van der Waals surface area contributed by atoms with Gasteiger partial charge in [0.25, 0.3) is 5.91 Å². The zero-order valence-electron chi connectivity index (χ0n) is 11.8. The van der Waals surface area contributed by atoms with Crippen molar-refractivity contribution < 1.29 is 13.9 Å². The fourth-order valence-electron chi connectivity index (χ4n) is 1.99. The van der Waals surface area contributed by atoms with Crippen LogP contribution in [-0.4, -0.2) is 27.6 Å². The van der Waals surface area contributed by atoms with Gasteiger partial charge in [-0.05, 0) is 12.1 Å². The lowest BCUT2D eigenvalue weighted by molar-refractivity contribution is 0.0946. The Bertz CT molecular complexity index is 831. The number of rotatable bonds is 4. The summed E-state index contributed by atoms with van der Waals surface area (Å²) in [7, 11) is 1.51. The lowest BCUT2D eigenvalue weighted by Crippen LogP contribution is -2.23. The van der Waals surface area contributed by atoms with Crippen molar-refractivity contribution in [3.8, 4) is 5.88 Å². The third kappa shape index (κ3) is 2.73. The van der Waals surface area contributed by atoms with E-state index >= 15 is 0 Å². The molecule has 2 heterocycles. The van der Waals surface area contributed by atoms with Crippen LogP contribution in [0.5, 0.6) is 5.88 Å². The molecule has 7 heteroatoms. The quantitative estimate of drug-likeness (QED) is 0.798. The van der Waals surface area contributed by atoms with E-state index < -0.39 is 5.91 Å². The maximum absolute atomic E-state index is 13.5. The molecule has 1 N–H and O–H groups in total. The van der Waals surface area contributed by atoms with Gasteiger partial charge in [-0.3, -0.25) is 4.79 Å². The van der Waals surface area contributed by atoms with Gasteiger partial charge in [0.05, 0.1) is 13.3 Å². The predicted octanol–water partition coefficient (Wildman–Crippen LogP) is 1.81. The SMILES string of the molecule is COc1ccc2nc(C(=O)NCc3ccccc3F)cn2n1. The van der Waals surface area contributed by atoms with Crippen molar-refractivity contribution in [2.75, 3.05) is 7.11 Å². The predicted molar refractivity (Wildman–Crippen MR) is 77.1 cm³/mol. The minimum Gasteiger partial charge on any atom is -0.480 e. The highest BCUT2D eigenvalue weighted by molar-refractivity contribution is 5.92. The lowest BCUT2D eigenvalue weighted by Gasteiger charge is -2.04. The largest absolute Gasteiger partial charge is 0.480 e. The summed E-state index contributed by atoms with van der Waals surface area (Å²) in [6.07, 6.45) is 1.49. The molecule has 0 aliphatic rings. The number of ether oxygens (including phenoxy) is 1. The minimum absolute atomic E-state index is 0.0934. The van der Waals surface area contributed by atoms with Crippen LogP contribution in [-0.2, 0) is 6.54 Å². The molecule has 0 radical (unpaired) electrons. The third-order valence-corrected chi connectivity index (χ3v) is 3.13.